The molecular weight excluding hydrogens is 488 g/mol. The molecule has 2 aromatic carbocycles. The molecule has 2 aromatic rings. The highest BCUT2D eigenvalue weighted by Gasteiger charge is 2.45. The van der Waals surface area contributed by atoms with E-state index in [0.29, 0.717) is 17.1 Å². The Labute approximate surface area is 213 Å². The predicted molar refractivity (Wildman–Crippen MR) is 130 cm³/mol. The van der Waals surface area contributed by atoms with Gasteiger partial charge in [-0.1, -0.05) is 18.2 Å². The van der Waals surface area contributed by atoms with Gasteiger partial charge in [0.05, 0.1) is 40.0 Å². The second-order valence-electron chi connectivity index (χ2n) is 8.83. The SMILES string of the molecule is COc1cc([C@@H]2Oc3c(OC)cc(C=CCO)cc3[C@H]2CO[C@@H]2O[C@H](CO)[C@@H](O)[C@H](O)[C@H]2O)ccc1O. The van der Waals surface area contributed by atoms with Crippen LogP contribution in [0.4, 0.5) is 0 Å². The molecule has 0 spiro atoms. The average molecular weight is 521 g/mol. The maximum Gasteiger partial charge on any atom is 0.186 e. The second kappa shape index (κ2) is 11.7. The first-order chi connectivity index (χ1) is 17.8. The number of rotatable bonds is 9. The second-order valence-corrected chi connectivity index (χ2v) is 8.83. The van der Waals surface area contributed by atoms with Crippen LogP contribution in [0, 0.1) is 0 Å². The van der Waals surface area contributed by atoms with E-state index in [-0.39, 0.29) is 24.7 Å². The van der Waals surface area contributed by atoms with Gasteiger partial charge in [0.1, 0.15) is 30.5 Å². The molecule has 202 valence electrons. The molecule has 1 fully saturated rings. The third kappa shape index (κ3) is 5.39. The Bertz CT molecular complexity index is 1100. The van der Waals surface area contributed by atoms with E-state index in [2.05, 4.69) is 0 Å². The summed E-state index contributed by atoms with van der Waals surface area (Å²) in [5.41, 5.74) is 2.14. The van der Waals surface area contributed by atoms with E-state index in [9.17, 15) is 30.6 Å². The number of aliphatic hydroxyl groups is 5. The number of hydrogen-bond acceptors (Lipinski definition) is 11. The Kier molecular flexibility index (Phi) is 8.55. The van der Waals surface area contributed by atoms with Gasteiger partial charge in [-0.25, -0.2) is 0 Å². The van der Waals surface area contributed by atoms with E-state index in [1.54, 1.807) is 30.4 Å². The molecule has 2 heterocycles. The van der Waals surface area contributed by atoms with E-state index in [1.807, 2.05) is 6.07 Å². The van der Waals surface area contributed by atoms with Crippen molar-refractivity contribution in [1.82, 2.24) is 0 Å². The number of benzene rings is 2. The number of methoxy groups -OCH3 is 2. The van der Waals surface area contributed by atoms with Crippen LogP contribution in [-0.2, 0) is 9.47 Å². The lowest BCUT2D eigenvalue weighted by Gasteiger charge is -2.40. The van der Waals surface area contributed by atoms with Crippen molar-refractivity contribution in [3.05, 3.63) is 53.1 Å². The normalized spacial score (nSPS) is 29.2. The summed E-state index contributed by atoms with van der Waals surface area (Å²) in [6, 6.07) is 8.45. The minimum Gasteiger partial charge on any atom is -0.504 e. The summed E-state index contributed by atoms with van der Waals surface area (Å²) in [6.45, 7) is -0.775. The number of fused-ring (bicyclic) bond motifs is 1. The molecule has 0 radical (unpaired) electrons. The van der Waals surface area contributed by atoms with Crippen LogP contribution < -0.4 is 14.2 Å². The van der Waals surface area contributed by atoms with Gasteiger partial charge in [0, 0.05) is 5.56 Å². The Morgan fingerprint density at radius 1 is 0.946 bits per heavy atom. The lowest BCUT2D eigenvalue weighted by atomic mass is 9.90. The Hall–Kier alpha value is -2.90. The molecule has 0 unspecified atom stereocenters. The van der Waals surface area contributed by atoms with Crippen molar-refractivity contribution in [3.63, 3.8) is 0 Å². The number of aromatic hydroxyl groups is 1. The van der Waals surface area contributed by atoms with Crippen LogP contribution in [0.15, 0.2) is 36.4 Å². The highest BCUT2D eigenvalue weighted by molar-refractivity contribution is 5.62. The minimum absolute atomic E-state index is 0.0371. The number of phenols is 1. The first-order valence-corrected chi connectivity index (χ1v) is 11.8. The van der Waals surface area contributed by atoms with Gasteiger partial charge < -0.3 is 54.3 Å². The molecule has 0 saturated carbocycles. The fourth-order valence-electron chi connectivity index (χ4n) is 4.61. The fourth-order valence-corrected chi connectivity index (χ4v) is 4.61. The van der Waals surface area contributed by atoms with Gasteiger partial charge >= 0.3 is 0 Å². The van der Waals surface area contributed by atoms with Gasteiger partial charge in [-0.05, 0) is 35.4 Å². The number of aliphatic hydroxyl groups excluding tert-OH is 5. The van der Waals surface area contributed by atoms with Crippen LogP contribution in [-0.4, -0.2) is 95.4 Å². The Balaban J connectivity index is 1.70. The van der Waals surface area contributed by atoms with Crippen molar-refractivity contribution < 1.29 is 54.3 Å². The lowest BCUT2D eigenvalue weighted by Crippen LogP contribution is -2.59. The summed E-state index contributed by atoms with van der Waals surface area (Å²) < 4.78 is 28.5. The predicted octanol–water partition coefficient (Wildman–Crippen LogP) is 0.449. The topological polar surface area (TPSA) is 168 Å². The smallest absolute Gasteiger partial charge is 0.186 e. The van der Waals surface area contributed by atoms with Crippen LogP contribution >= 0.6 is 0 Å². The number of hydrogen-bond donors (Lipinski definition) is 6. The highest BCUT2D eigenvalue weighted by atomic mass is 16.7. The molecule has 7 atom stereocenters. The third-order valence-electron chi connectivity index (χ3n) is 6.57. The van der Waals surface area contributed by atoms with E-state index in [4.69, 9.17) is 23.7 Å². The quantitative estimate of drug-likeness (QED) is 0.272. The Morgan fingerprint density at radius 2 is 1.70 bits per heavy atom. The molecular formula is C26H32O11. The van der Waals surface area contributed by atoms with Gasteiger partial charge in [0.25, 0.3) is 0 Å². The molecule has 2 aliphatic rings. The van der Waals surface area contributed by atoms with Crippen LogP contribution in [0.25, 0.3) is 6.08 Å². The molecule has 11 heteroatoms. The van der Waals surface area contributed by atoms with E-state index in [1.165, 1.54) is 20.3 Å². The standard InChI is InChI=1S/C26H32O11/c1-33-18-10-14(5-6-17(18)29)24-16(12-35-26-23(32)22(31)21(30)20(11-28)36-26)15-8-13(4-3-7-27)9-19(34-2)25(15)37-24/h3-6,8-10,16,20-24,26-32H,7,11-12H2,1-2H3/t16-,20-,21-,22+,23-,24+,26-/m1/s1. The molecule has 0 amide bonds. The zero-order valence-corrected chi connectivity index (χ0v) is 20.4. The Morgan fingerprint density at radius 3 is 2.38 bits per heavy atom. The molecule has 37 heavy (non-hydrogen) atoms. The van der Waals surface area contributed by atoms with Crippen molar-refractivity contribution in [2.24, 2.45) is 0 Å². The maximum absolute atomic E-state index is 10.4. The fraction of sp³-hybridized carbons (Fsp3) is 0.462. The zero-order valence-electron chi connectivity index (χ0n) is 20.4. The molecule has 0 aliphatic carbocycles. The maximum atomic E-state index is 10.4. The lowest BCUT2D eigenvalue weighted by molar-refractivity contribution is -0.302. The number of phenolic OH excluding ortho intramolecular Hbond substituents is 1. The van der Waals surface area contributed by atoms with Crippen LogP contribution in [0.5, 0.6) is 23.0 Å². The molecule has 11 nitrogen and oxygen atoms in total. The average Bonchev–Trinajstić information content (AvgIpc) is 3.28. The molecule has 0 aromatic heterocycles. The summed E-state index contributed by atoms with van der Waals surface area (Å²) >= 11 is 0. The van der Waals surface area contributed by atoms with Crippen molar-refractivity contribution in [3.8, 4) is 23.0 Å². The van der Waals surface area contributed by atoms with Crippen molar-refractivity contribution >= 4 is 6.08 Å². The van der Waals surface area contributed by atoms with E-state index >= 15 is 0 Å². The summed E-state index contributed by atoms with van der Waals surface area (Å²) in [5, 5.41) is 59.4. The first kappa shape index (κ1) is 27.1. The van der Waals surface area contributed by atoms with Crippen LogP contribution in [0.1, 0.15) is 28.7 Å². The van der Waals surface area contributed by atoms with Crippen LogP contribution in [0.2, 0.25) is 0 Å². The van der Waals surface area contributed by atoms with Crippen molar-refractivity contribution in [2.45, 2.75) is 42.7 Å². The summed E-state index contributed by atoms with van der Waals surface area (Å²) in [4.78, 5) is 0. The minimum atomic E-state index is -1.57. The summed E-state index contributed by atoms with van der Waals surface area (Å²) in [5.74, 6) is 0.673. The molecule has 2 aliphatic heterocycles. The molecule has 4 rings (SSSR count). The van der Waals surface area contributed by atoms with E-state index < -0.39 is 49.3 Å². The highest BCUT2D eigenvalue weighted by Crippen LogP contribution is 2.52. The monoisotopic (exact) mass is 520 g/mol. The summed E-state index contributed by atoms with van der Waals surface area (Å²) in [7, 11) is 2.94. The van der Waals surface area contributed by atoms with Crippen molar-refractivity contribution in [2.75, 3.05) is 34.0 Å². The zero-order chi connectivity index (χ0) is 26.7. The number of ether oxygens (including phenoxy) is 5. The van der Waals surface area contributed by atoms with Gasteiger partial charge in [-0.15, -0.1) is 0 Å². The van der Waals surface area contributed by atoms with E-state index in [0.717, 1.165) is 11.1 Å². The van der Waals surface area contributed by atoms with Gasteiger partial charge in [-0.3, -0.25) is 0 Å². The van der Waals surface area contributed by atoms with Crippen LogP contribution in [0.3, 0.4) is 0 Å². The largest absolute Gasteiger partial charge is 0.504 e. The van der Waals surface area contributed by atoms with Gasteiger partial charge in [-0.2, -0.15) is 0 Å². The summed E-state index contributed by atoms with van der Waals surface area (Å²) in [6.07, 6.45) is -4.38. The van der Waals surface area contributed by atoms with Gasteiger partial charge in [0.2, 0.25) is 0 Å². The molecule has 0 bridgehead atoms. The molecule has 1 saturated heterocycles. The first-order valence-electron chi connectivity index (χ1n) is 11.8. The van der Waals surface area contributed by atoms with Crippen molar-refractivity contribution in [1.29, 1.82) is 0 Å². The third-order valence-corrected chi connectivity index (χ3v) is 6.57. The molecule has 6 N–H and O–H groups in total. The van der Waals surface area contributed by atoms with Gasteiger partial charge in [0.15, 0.2) is 29.3 Å².